The zero-order chi connectivity index (χ0) is 13.7. The molecule has 0 spiro atoms. The molecular formula is C14H18O4S. The van der Waals surface area contributed by atoms with Crippen LogP contribution in [0.5, 0.6) is 11.5 Å². The molecule has 1 unspecified atom stereocenters. The molecule has 0 aliphatic carbocycles. The maximum absolute atomic E-state index is 11.4. The fourth-order valence-corrected chi connectivity index (χ4v) is 3.43. The van der Waals surface area contributed by atoms with E-state index in [2.05, 4.69) is 0 Å². The van der Waals surface area contributed by atoms with Gasteiger partial charge < -0.3 is 14.9 Å². The van der Waals surface area contributed by atoms with Crippen molar-refractivity contribution in [1.29, 1.82) is 0 Å². The first-order valence-electron chi connectivity index (χ1n) is 6.40. The van der Waals surface area contributed by atoms with Crippen LogP contribution in [0.25, 0.3) is 0 Å². The van der Waals surface area contributed by atoms with Crippen molar-refractivity contribution in [2.24, 2.45) is 11.8 Å². The van der Waals surface area contributed by atoms with Crippen molar-refractivity contribution >= 4 is 17.7 Å². The first-order chi connectivity index (χ1) is 9.18. The van der Waals surface area contributed by atoms with Gasteiger partial charge in [-0.2, -0.15) is 11.8 Å². The molecule has 0 bridgehead atoms. The molecule has 1 aliphatic rings. The summed E-state index contributed by atoms with van der Waals surface area (Å²) in [6, 6.07) is 6.63. The Morgan fingerprint density at radius 3 is 2.68 bits per heavy atom. The molecule has 0 amide bonds. The summed E-state index contributed by atoms with van der Waals surface area (Å²) in [7, 11) is 0. The van der Waals surface area contributed by atoms with Crippen LogP contribution in [0.4, 0.5) is 0 Å². The van der Waals surface area contributed by atoms with Crippen molar-refractivity contribution < 1.29 is 19.7 Å². The van der Waals surface area contributed by atoms with E-state index in [-0.39, 0.29) is 18.3 Å². The molecule has 0 aromatic heterocycles. The molecule has 5 heteroatoms. The summed E-state index contributed by atoms with van der Waals surface area (Å²) in [5.41, 5.74) is 0. The molecule has 2 N–H and O–H groups in total. The maximum atomic E-state index is 11.4. The summed E-state index contributed by atoms with van der Waals surface area (Å²) in [5, 5.41) is 18.9. The molecule has 1 aromatic rings. The summed E-state index contributed by atoms with van der Waals surface area (Å²) in [4.78, 5) is 11.4. The molecule has 1 aromatic carbocycles. The Bertz CT molecular complexity index is 429. The number of carbonyl (C=O) groups is 1. The Labute approximate surface area is 116 Å². The molecule has 19 heavy (non-hydrogen) atoms. The molecule has 1 aliphatic heterocycles. The number of rotatable bonds is 5. The average Bonchev–Trinajstić information content (AvgIpc) is 2.42. The molecule has 104 valence electrons. The maximum Gasteiger partial charge on any atom is 0.310 e. The lowest BCUT2D eigenvalue weighted by Gasteiger charge is -2.27. The van der Waals surface area contributed by atoms with Gasteiger partial charge in [0, 0.05) is 0 Å². The Morgan fingerprint density at radius 1 is 1.37 bits per heavy atom. The summed E-state index contributed by atoms with van der Waals surface area (Å²) < 4.78 is 5.48. The minimum atomic E-state index is -0.813. The van der Waals surface area contributed by atoms with Crippen molar-refractivity contribution in [3.05, 3.63) is 24.3 Å². The largest absolute Gasteiger partial charge is 0.504 e. The molecule has 0 radical (unpaired) electrons. The van der Waals surface area contributed by atoms with Gasteiger partial charge in [-0.3, -0.25) is 4.79 Å². The third kappa shape index (κ3) is 3.80. The molecule has 1 saturated heterocycles. The van der Waals surface area contributed by atoms with E-state index in [0.717, 1.165) is 24.3 Å². The van der Waals surface area contributed by atoms with Crippen LogP contribution >= 0.6 is 11.8 Å². The van der Waals surface area contributed by atoms with E-state index in [4.69, 9.17) is 4.74 Å². The number of aliphatic carboxylic acids is 1. The second-order valence-electron chi connectivity index (χ2n) is 4.67. The van der Waals surface area contributed by atoms with Gasteiger partial charge in [0.1, 0.15) is 6.61 Å². The Kier molecular flexibility index (Phi) is 4.96. The molecule has 1 heterocycles. The Balaban J connectivity index is 1.97. The van der Waals surface area contributed by atoms with E-state index in [0.29, 0.717) is 5.75 Å². The SMILES string of the molecule is O=C(O)C(COc1ccccc1O)C1CCSCC1. The number of carboxylic acids is 1. The van der Waals surface area contributed by atoms with Gasteiger partial charge in [-0.1, -0.05) is 12.1 Å². The third-order valence-electron chi connectivity index (χ3n) is 3.44. The number of carboxylic acid groups (broad SMARTS) is 1. The number of hydrogen-bond acceptors (Lipinski definition) is 4. The molecule has 4 nitrogen and oxygen atoms in total. The van der Waals surface area contributed by atoms with E-state index in [1.54, 1.807) is 18.2 Å². The van der Waals surface area contributed by atoms with Crippen LogP contribution in [0.2, 0.25) is 0 Å². The topological polar surface area (TPSA) is 66.8 Å². The van der Waals surface area contributed by atoms with Gasteiger partial charge in [0.2, 0.25) is 0 Å². The van der Waals surface area contributed by atoms with Gasteiger partial charge in [0.25, 0.3) is 0 Å². The van der Waals surface area contributed by atoms with Crippen molar-refractivity contribution in [3.8, 4) is 11.5 Å². The van der Waals surface area contributed by atoms with Crippen molar-refractivity contribution in [1.82, 2.24) is 0 Å². The number of para-hydroxylation sites is 2. The van der Waals surface area contributed by atoms with Crippen LogP contribution in [0.1, 0.15) is 12.8 Å². The summed E-state index contributed by atoms with van der Waals surface area (Å²) in [6.45, 7) is 0.113. The highest BCUT2D eigenvalue weighted by Crippen LogP contribution is 2.31. The number of hydrogen-bond donors (Lipinski definition) is 2. The van der Waals surface area contributed by atoms with Crippen molar-refractivity contribution in [2.75, 3.05) is 18.1 Å². The number of thioether (sulfide) groups is 1. The van der Waals surface area contributed by atoms with Gasteiger partial charge in [0.05, 0.1) is 5.92 Å². The predicted molar refractivity (Wildman–Crippen MR) is 74.8 cm³/mol. The van der Waals surface area contributed by atoms with Crippen LogP contribution in [0.15, 0.2) is 24.3 Å². The lowest BCUT2D eigenvalue weighted by molar-refractivity contribution is -0.145. The summed E-state index contributed by atoms with van der Waals surface area (Å²) >= 11 is 1.87. The number of benzene rings is 1. The molecule has 1 atom stereocenters. The van der Waals surface area contributed by atoms with Crippen LogP contribution in [0.3, 0.4) is 0 Å². The van der Waals surface area contributed by atoms with Gasteiger partial charge in [-0.15, -0.1) is 0 Å². The van der Waals surface area contributed by atoms with Crippen molar-refractivity contribution in [2.45, 2.75) is 12.8 Å². The molecule has 0 saturated carbocycles. The second kappa shape index (κ2) is 6.70. The highest BCUT2D eigenvalue weighted by molar-refractivity contribution is 7.99. The second-order valence-corrected chi connectivity index (χ2v) is 5.90. The zero-order valence-corrected chi connectivity index (χ0v) is 11.4. The smallest absolute Gasteiger partial charge is 0.310 e. The highest BCUT2D eigenvalue weighted by atomic mass is 32.2. The van der Waals surface area contributed by atoms with Crippen molar-refractivity contribution in [3.63, 3.8) is 0 Å². The van der Waals surface area contributed by atoms with Crippen LogP contribution < -0.4 is 4.74 Å². The van der Waals surface area contributed by atoms with Crippen LogP contribution in [0, 0.1) is 11.8 Å². The van der Waals surface area contributed by atoms with E-state index >= 15 is 0 Å². The summed E-state index contributed by atoms with van der Waals surface area (Å²) in [5.74, 6) is 1.29. The van der Waals surface area contributed by atoms with Gasteiger partial charge >= 0.3 is 5.97 Å². The lowest BCUT2D eigenvalue weighted by Crippen LogP contribution is -2.31. The molecule has 1 fully saturated rings. The van der Waals surface area contributed by atoms with E-state index in [9.17, 15) is 15.0 Å². The highest BCUT2D eigenvalue weighted by Gasteiger charge is 2.30. The zero-order valence-electron chi connectivity index (χ0n) is 10.6. The predicted octanol–water partition coefficient (Wildman–Crippen LogP) is 2.62. The normalized spacial score (nSPS) is 17.9. The lowest BCUT2D eigenvalue weighted by atomic mass is 9.88. The number of phenols is 1. The minimum Gasteiger partial charge on any atom is -0.504 e. The number of ether oxygens (including phenoxy) is 1. The Morgan fingerprint density at radius 2 is 2.05 bits per heavy atom. The Hall–Kier alpha value is -1.36. The molecular weight excluding hydrogens is 264 g/mol. The van der Waals surface area contributed by atoms with Gasteiger partial charge in [0.15, 0.2) is 11.5 Å². The van der Waals surface area contributed by atoms with Gasteiger partial charge in [-0.05, 0) is 42.4 Å². The number of aromatic hydroxyl groups is 1. The first kappa shape index (κ1) is 14.1. The summed E-state index contributed by atoms with van der Waals surface area (Å²) in [6.07, 6.45) is 1.84. The van der Waals surface area contributed by atoms with Crippen LogP contribution in [-0.4, -0.2) is 34.3 Å². The standard InChI is InChI=1S/C14H18O4S/c15-12-3-1-2-4-13(12)18-9-11(14(16)17)10-5-7-19-8-6-10/h1-4,10-11,15H,5-9H2,(H,16,17). The molecule has 2 rings (SSSR count). The third-order valence-corrected chi connectivity index (χ3v) is 4.48. The first-order valence-corrected chi connectivity index (χ1v) is 7.55. The minimum absolute atomic E-state index is 0.0471. The average molecular weight is 282 g/mol. The van der Waals surface area contributed by atoms with Gasteiger partial charge in [-0.25, -0.2) is 0 Å². The fraction of sp³-hybridized carbons (Fsp3) is 0.500. The van der Waals surface area contributed by atoms with E-state index < -0.39 is 11.9 Å². The van der Waals surface area contributed by atoms with E-state index in [1.807, 2.05) is 11.8 Å². The van der Waals surface area contributed by atoms with Crippen LogP contribution in [-0.2, 0) is 4.79 Å². The van der Waals surface area contributed by atoms with E-state index in [1.165, 1.54) is 6.07 Å². The quantitative estimate of drug-likeness (QED) is 0.869. The number of phenolic OH excluding ortho intramolecular Hbond substituents is 1. The fourth-order valence-electron chi connectivity index (χ4n) is 2.29. The monoisotopic (exact) mass is 282 g/mol.